The van der Waals surface area contributed by atoms with E-state index in [1.165, 1.54) is 0 Å². The van der Waals surface area contributed by atoms with E-state index in [1.54, 1.807) is 29.2 Å². The number of hydrogen-bond donors (Lipinski definition) is 1. The van der Waals surface area contributed by atoms with E-state index in [2.05, 4.69) is 20.5 Å². The predicted molar refractivity (Wildman–Crippen MR) is 137 cm³/mol. The lowest BCUT2D eigenvalue weighted by atomic mass is 10.0. The maximum atomic E-state index is 13.3. The van der Waals surface area contributed by atoms with Crippen molar-refractivity contribution in [2.45, 2.75) is 26.9 Å². The third-order valence-corrected chi connectivity index (χ3v) is 6.20. The molecule has 0 bridgehead atoms. The molecule has 0 unspecified atom stereocenters. The quantitative estimate of drug-likeness (QED) is 0.323. The normalized spacial score (nSPS) is 11.2. The second kappa shape index (κ2) is 9.48. The lowest BCUT2D eigenvalue weighted by molar-refractivity contribution is 0.102. The highest BCUT2D eigenvalue weighted by Crippen LogP contribution is 2.27. The van der Waals surface area contributed by atoms with Gasteiger partial charge in [-0.3, -0.25) is 14.8 Å². The average molecular weight is 506 g/mol. The van der Waals surface area contributed by atoms with Gasteiger partial charge in [-0.1, -0.05) is 47.5 Å². The molecule has 8 nitrogen and oxygen atoms in total. The summed E-state index contributed by atoms with van der Waals surface area (Å²) in [4.78, 5) is 22.3. The molecule has 2 aromatic carbocycles. The molecule has 0 aliphatic carbocycles. The fourth-order valence-electron chi connectivity index (χ4n) is 3.85. The van der Waals surface area contributed by atoms with Gasteiger partial charge >= 0.3 is 0 Å². The highest BCUT2D eigenvalue weighted by molar-refractivity contribution is 6.35. The molecule has 1 N–H and O–H groups in total. The van der Waals surface area contributed by atoms with Crippen LogP contribution in [0.25, 0.3) is 22.2 Å². The number of aryl methyl sites for hydroxylation is 2. The summed E-state index contributed by atoms with van der Waals surface area (Å²) in [5.74, 6) is -0.134. The van der Waals surface area contributed by atoms with Crippen LogP contribution >= 0.6 is 23.2 Å². The lowest BCUT2D eigenvalue weighted by Gasteiger charge is -2.09. The molecule has 0 atom stereocenters. The third kappa shape index (κ3) is 4.76. The number of para-hydroxylation sites is 1. The van der Waals surface area contributed by atoms with Crippen molar-refractivity contribution in [3.63, 3.8) is 0 Å². The van der Waals surface area contributed by atoms with Crippen molar-refractivity contribution in [3.05, 3.63) is 87.9 Å². The fourth-order valence-corrected chi connectivity index (χ4v) is 4.32. The molecule has 176 valence electrons. The Morgan fingerprint density at radius 1 is 1.06 bits per heavy atom. The number of pyridine rings is 1. The number of fused-ring (bicyclic) bond motifs is 1. The van der Waals surface area contributed by atoms with Gasteiger partial charge in [0.2, 0.25) is 5.95 Å². The minimum absolute atomic E-state index is 0.192. The van der Waals surface area contributed by atoms with E-state index in [-0.39, 0.29) is 11.9 Å². The number of amides is 1. The van der Waals surface area contributed by atoms with E-state index in [0.29, 0.717) is 27.8 Å². The summed E-state index contributed by atoms with van der Waals surface area (Å²) in [6.07, 6.45) is 3.48. The molecule has 3 heterocycles. The number of nitrogens with zero attached hydrogens (tertiary/aromatic N) is 6. The van der Waals surface area contributed by atoms with Crippen molar-refractivity contribution in [1.82, 2.24) is 29.5 Å². The SMILES string of the molecule is CCn1cc(-c2cc(C(=O)Nc3ncn(Cc4ccc(Cl)cc4Cl)n3)c3ccccc3n2)c(C)n1. The summed E-state index contributed by atoms with van der Waals surface area (Å²) in [6, 6.07) is 14.6. The molecule has 0 saturated heterocycles. The Balaban J connectivity index is 1.44. The first-order valence-electron chi connectivity index (χ1n) is 11.0. The Morgan fingerprint density at radius 2 is 1.89 bits per heavy atom. The van der Waals surface area contributed by atoms with Crippen molar-refractivity contribution in [2.75, 3.05) is 5.32 Å². The summed E-state index contributed by atoms with van der Waals surface area (Å²) in [5, 5.41) is 13.5. The number of benzene rings is 2. The van der Waals surface area contributed by atoms with Crippen molar-refractivity contribution in [3.8, 4) is 11.3 Å². The molecule has 10 heteroatoms. The zero-order chi connectivity index (χ0) is 24.5. The number of anilines is 1. The standard InChI is InChI=1S/C25H21Cl2N7O/c1-3-33-13-20(15(2)31-33)23-11-19(18-6-4-5-7-22(18)29-23)24(35)30-25-28-14-34(32-25)12-16-8-9-17(26)10-21(16)27/h4-11,13-14H,3,12H2,1-2H3,(H,30,32,35). The first kappa shape index (κ1) is 23.0. The summed E-state index contributed by atoms with van der Waals surface area (Å²) in [6.45, 7) is 5.09. The highest BCUT2D eigenvalue weighted by Gasteiger charge is 2.18. The number of carbonyl (C=O) groups is 1. The van der Waals surface area contributed by atoms with E-state index >= 15 is 0 Å². The van der Waals surface area contributed by atoms with Crippen LogP contribution in [0.15, 0.2) is 61.1 Å². The smallest absolute Gasteiger partial charge is 0.258 e. The number of rotatable bonds is 6. The number of nitrogens with one attached hydrogen (secondary N) is 1. The summed E-state index contributed by atoms with van der Waals surface area (Å²) >= 11 is 12.2. The maximum Gasteiger partial charge on any atom is 0.258 e. The lowest BCUT2D eigenvalue weighted by Crippen LogP contribution is -2.14. The second-order valence-corrected chi connectivity index (χ2v) is 8.86. The van der Waals surface area contributed by atoms with Gasteiger partial charge in [-0.25, -0.2) is 14.6 Å². The topological polar surface area (TPSA) is 90.5 Å². The van der Waals surface area contributed by atoms with Crippen LogP contribution in [0.2, 0.25) is 10.0 Å². The van der Waals surface area contributed by atoms with Gasteiger partial charge in [0, 0.05) is 33.7 Å². The monoisotopic (exact) mass is 505 g/mol. The number of hydrogen-bond acceptors (Lipinski definition) is 5. The van der Waals surface area contributed by atoms with Crippen LogP contribution in [0, 0.1) is 6.92 Å². The van der Waals surface area contributed by atoms with Crippen LogP contribution in [0.5, 0.6) is 0 Å². The Bertz CT molecular complexity index is 1560. The minimum atomic E-state index is -0.326. The summed E-state index contributed by atoms with van der Waals surface area (Å²) < 4.78 is 3.45. The average Bonchev–Trinajstić information content (AvgIpc) is 3.45. The first-order valence-corrected chi connectivity index (χ1v) is 11.8. The van der Waals surface area contributed by atoms with Crippen molar-refractivity contribution in [2.24, 2.45) is 0 Å². The second-order valence-electron chi connectivity index (χ2n) is 8.01. The molecule has 5 aromatic rings. The zero-order valence-corrected chi connectivity index (χ0v) is 20.5. The van der Waals surface area contributed by atoms with Crippen LogP contribution in [-0.2, 0) is 13.1 Å². The molecule has 0 fully saturated rings. The van der Waals surface area contributed by atoms with Crippen LogP contribution < -0.4 is 5.32 Å². The summed E-state index contributed by atoms with van der Waals surface area (Å²) in [5.41, 5.74) is 4.45. The van der Waals surface area contributed by atoms with E-state index in [1.807, 2.05) is 55.1 Å². The highest BCUT2D eigenvalue weighted by atomic mass is 35.5. The molecule has 0 radical (unpaired) electrons. The molecule has 5 rings (SSSR count). The Labute approximate surface area is 211 Å². The van der Waals surface area contributed by atoms with E-state index < -0.39 is 0 Å². The van der Waals surface area contributed by atoms with Crippen molar-refractivity contribution < 1.29 is 4.79 Å². The molecular weight excluding hydrogens is 485 g/mol. The van der Waals surface area contributed by atoms with Crippen LogP contribution in [-0.4, -0.2) is 35.4 Å². The van der Waals surface area contributed by atoms with Gasteiger partial charge in [0.1, 0.15) is 6.33 Å². The van der Waals surface area contributed by atoms with Gasteiger partial charge in [0.05, 0.1) is 29.0 Å². The van der Waals surface area contributed by atoms with E-state index in [0.717, 1.165) is 34.3 Å². The maximum absolute atomic E-state index is 13.3. The molecule has 0 aliphatic heterocycles. The van der Waals surface area contributed by atoms with Gasteiger partial charge in [0.15, 0.2) is 0 Å². The molecule has 0 saturated carbocycles. The van der Waals surface area contributed by atoms with Crippen LogP contribution in [0.3, 0.4) is 0 Å². The Kier molecular flexibility index (Phi) is 6.23. The molecule has 0 aliphatic rings. The largest absolute Gasteiger partial charge is 0.289 e. The predicted octanol–water partition coefficient (Wildman–Crippen LogP) is 5.63. The number of carbonyl (C=O) groups excluding carboxylic acids is 1. The first-order chi connectivity index (χ1) is 16.9. The fraction of sp³-hybridized carbons (Fsp3) is 0.160. The Morgan fingerprint density at radius 3 is 2.66 bits per heavy atom. The zero-order valence-electron chi connectivity index (χ0n) is 19.0. The molecular formula is C25H21Cl2N7O. The van der Waals surface area contributed by atoms with Gasteiger partial charge in [-0.2, -0.15) is 5.10 Å². The van der Waals surface area contributed by atoms with Crippen molar-refractivity contribution >= 4 is 46.0 Å². The number of halogens is 2. The number of aromatic nitrogens is 6. The minimum Gasteiger partial charge on any atom is -0.289 e. The van der Waals surface area contributed by atoms with E-state index in [4.69, 9.17) is 28.2 Å². The summed E-state index contributed by atoms with van der Waals surface area (Å²) in [7, 11) is 0. The van der Waals surface area contributed by atoms with Gasteiger partial charge in [-0.05, 0) is 43.7 Å². The Hall–Kier alpha value is -3.75. The van der Waals surface area contributed by atoms with Crippen LogP contribution in [0.4, 0.5) is 5.95 Å². The van der Waals surface area contributed by atoms with E-state index in [9.17, 15) is 4.79 Å². The van der Waals surface area contributed by atoms with Crippen LogP contribution in [0.1, 0.15) is 28.5 Å². The van der Waals surface area contributed by atoms with Crippen molar-refractivity contribution in [1.29, 1.82) is 0 Å². The van der Waals surface area contributed by atoms with Gasteiger partial charge in [-0.15, -0.1) is 5.10 Å². The van der Waals surface area contributed by atoms with Gasteiger partial charge < -0.3 is 0 Å². The third-order valence-electron chi connectivity index (χ3n) is 5.62. The van der Waals surface area contributed by atoms with Gasteiger partial charge in [0.25, 0.3) is 5.91 Å². The molecule has 3 aromatic heterocycles. The molecule has 35 heavy (non-hydrogen) atoms. The molecule has 0 spiro atoms. The molecule has 1 amide bonds.